The Balaban J connectivity index is 1.79. The van der Waals surface area contributed by atoms with Crippen LogP contribution in [0.5, 0.6) is 0 Å². The van der Waals surface area contributed by atoms with Gasteiger partial charge in [-0.3, -0.25) is 9.48 Å². The second-order valence-electron chi connectivity index (χ2n) is 4.61. The van der Waals surface area contributed by atoms with Gasteiger partial charge in [-0.15, -0.1) is 0 Å². The lowest BCUT2D eigenvalue weighted by atomic mass is 10.2. The van der Waals surface area contributed by atoms with E-state index in [2.05, 4.69) is 10.4 Å². The number of carbonyl (C=O) groups is 1. The summed E-state index contributed by atoms with van der Waals surface area (Å²) in [5.74, 6) is -0.238. The SMILES string of the molecule is O=C(Cn1ccc(C(F)(F)F)n1)NCC(O)C1CC1. The van der Waals surface area contributed by atoms with Crippen molar-refractivity contribution in [2.75, 3.05) is 6.54 Å². The van der Waals surface area contributed by atoms with Gasteiger partial charge in [0.1, 0.15) is 6.54 Å². The van der Waals surface area contributed by atoms with E-state index in [9.17, 15) is 23.1 Å². The highest BCUT2D eigenvalue weighted by Crippen LogP contribution is 2.32. The number of aliphatic hydroxyl groups excluding tert-OH is 1. The fraction of sp³-hybridized carbons (Fsp3) is 0.636. The summed E-state index contributed by atoms with van der Waals surface area (Å²) in [6.45, 7) is -0.176. The van der Waals surface area contributed by atoms with Crippen LogP contribution in [0.2, 0.25) is 0 Å². The van der Waals surface area contributed by atoms with Gasteiger partial charge in [0, 0.05) is 12.7 Å². The van der Waals surface area contributed by atoms with Crippen LogP contribution in [0.15, 0.2) is 12.3 Å². The van der Waals surface area contributed by atoms with Crippen molar-refractivity contribution in [3.63, 3.8) is 0 Å². The van der Waals surface area contributed by atoms with Crippen LogP contribution in [-0.4, -0.2) is 33.4 Å². The Labute approximate surface area is 107 Å². The van der Waals surface area contributed by atoms with Gasteiger partial charge >= 0.3 is 6.18 Å². The maximum absolute atomic E-state index is 12.3. The molecule has 0 aromatic carbocycles. The maximum Gasteiger partial charge on any atom is 0.435 e. The van der Waals surface area contributed by atoms with Crippen LogP contribution in [0.3, 0.4) is 0 Å². The fourth-order valence-corrected chi connectivity index (χ4v) is 1.67. The summed E-state index contributed by atoms with van der Waals surface area (Å²) < 4.78 is 37.8. The molecule has 1 amide bonds. The summed E-state index contributed by atoms with van der Waals surface area (Å²) in [7, 11) is 0. The Morgan fingerprint density at radius 2 is 2.26 bits per heavy atom. The first kappa shape index (κ1) is 13.9. The smallest absolute Gasteiger partial charge is 0.391 e. The molecule has 1 unspecified atom stereocenters. The number of aliphatic hydroxyl groups is 1. The number of amides is 1. The summed E-state index contributed by atoms with van der Waals surface area (Å²) in [5, 5.41) is 15.3. The first-order chi connectivity index (χ1) is 8.86. The van der Waals surface area contributed by atoms with Gasteiger partial charge < -0.3 is 10.4 Å². The van der Waals surface area contributed by atoms with Crippen molar-refractivity contribution in [2.45, 2.75) is 31.7 Å². The highest BCUT2D eigenvalue weighted by molar-refractivity contribution is 5.75. The van der Waals surface area contributed by atoms with Crippen molar-refractivity contribution < 1.29 is 23.1 Å². The van der Waals surface area contributed by atoms with E-state index in [0.717, 1.165) is 29.8 Å². The standard InChI is InChI=1S/C11H14F3N3O2/c12-11(13,14)9-3-4-17(16-9)6-10(19)15-5-8(18)7-1-2-7/h3-4,7-8,18H,1-2,5-6H2,(H,15,19). The van der Waals surface area contributed by atoms with E-state index >= 15 is 0 Å². The number of carbonyl (C=O) groups excluding carboxylic acids is 1. The fourth-order valence-electron chi connectivity index (χ4n) is 1.67. The zero-order valence-electron chi connectivity index (χ0n) is 10.0. The van der Waals surface area contributed by atoms with Crippen LogP contribution >= 0.6 is 0 Å². The predicted octanol–water partition coefficient (Wildman–Crippen LogP) is 0.789. The minimum Gasteiger partial charge on any atom is -0.391 e. The molecule has 0 spiro atoms. The molecule has 19 heavy (non-hydrogen) atoms. The maximum atomic E-state index is 12.3. The molecule has 0 bridgehead atoms. The molecule has 1 aliphatic rings. The van der Waals surface area contributed by atoms with Gasteiger partial charge in [-0.05, 0) is 24.8 Å². The van der Waals surface area contributed by atoms with Crippen molar-refractivity contribution >= 4 is 5.91 Å². The van der Waals surface area contributed by atoms with Gasteiger partial charge in [-0.1, -0.05) is 0 Å². The molecule has 2 rings (SSSR count). The first-order valence-electron chi connectivity index (χ1n) is 5.91. The van der Waals surface area contributed by atoms with Gasteiger partial charge in [-0.25, -0.2) is 0 Å². The van der Waals surface area contributed by atoms with Crippen molar-refractivity contribution in [1.82, 2.24) is 15.1 Å². The van der Waals surface area contributed by atoms with Gasteiger partial charge in [0.05, 0.1) is 6.10 Å². The Morgan fingerprint density at radius 3 is 2.79 bits per heavy atom. The second-order valence-corrected chi connectivity index (χ2v) is 4.61. The molecule has 0 saturated heterocycles. The highest BCUT2D eigenvalue weighted by atomic mass is 19.4. The minimum atomic E-state index is -4.51. The number of halogens is 3. The molecule has 106 valence electrons. The molecular weight excluding hydrogens is 263 g/mol. The van der Waals surface area contributed by atoms with E-state index in [1.807, 2.05) is 0 Å². The summed E-state index contributed by atoms with van der Waals surface area (Å²) >= 11 is 0. The van der Waals surface area contributed by atoms with E-state index in [4.69, 9.17) is 0 Å². The van der Waals surface area contributed by atoms with Gasteiger partial charge in [-0.2, -0.15) is 18.3 Å². The van der Waals surface area contributed by atoms with Crippen LogP contribution in [0, 0.1) is 5.92 Å². The molecule has 0 aliphatic heterocycles. The van der Waals surface area contributed by atoms with Crippen LogP contribution in [0.25, 0.3) is 0 Å². The van der Waals surface area contributed by atoms with Crippen molar-refractivity contribution in [3.8, 4) is 0 Å². The quantitative estimate of drug-likeness (QED) is 0.836. The predicted molar refractivity (Wildman–Crippen MR) is 59.0 cm³/mol. The van der Waals surface area contributed by atoms with Gasteiger partial charge in [0.15, 0.2) is 5.69 Å². The normalized spacial score (nSPS) is 17.3. The third-order valence-corrected chi connectivity index (χ3v) is 2.91. The van der Waals surface area contributed by atoms with Crippen LogP contribution in [0.1, 0.15) is 18.5 Å². The molecule has 1 heterocycles. The van der Waals surface area contributed by atoms with Crippen molar-refractivity contribution in [1.29, 1.82) is 0 Å². The minimum absolute atomic E-state index is 0.122. The number of nitrogens with one attached hydrogen (secondary N) is 1. The average molecular weight is 277 g/mol. The van der Waals surface area contributed by atoms with E-state index in [1.54, 1.807) is 0 Å². The third-order valence-electron chi connectivity index (χ3n) is 2.91. The van der Waals surface area contributed by atoms with E-state index in [-0.39, 0.29) is 19.0 Å². The Bertz CT molecular complexity index is 454. The average Bonchev–Trinajstić information content (AvgIpc) is 3.05. The highest BCUT2D eigenvalue weighted by Gasteiger charge is 2.33. The van der Waals surface area contributed by atoms with Crippen molar-refractivity contribution in [3.05, 3.63) is 18.0 Å². The number of hydrogen-bond acceptors (Lipinski definition) is 3. The second kappa shape index (κ2) is 5.20. The monoisotopic (exact) mass is 277 g/mol. The lowest BCUT2D eigenvalue weighted by Gasteiger charge is -2.10. The summed E-state index contributed by atoms with van der Waals surface area (Å²) in [6, 6.07) is 0.812. The summed E-state index contributed by atoms with van der Waals surface area (Å²) in [5.41, 5.74) is -1.03. The number of rotatable bonds is 5. The third kappa shape index (κ3) is 3.95. The van der Waals surface area contributed by atoms with E-state index in [0.29, 0.717) is 0 Å². The van der Waals surface area contributed by atoms with E-state index < -0.39 is 23.9 Å². The van der Waals surface area contributed by atoms with Crippen LogP contribution in [-0.2, 0) is 17.5 Å². The van der Waals surface area contributed by atoms with Gasteiger partial charge in [0.2, 0.25) is 5.91 Å². The van der Waals surface area contributed by atoms with Crippen molar-refractivity contribution in [2.24, 2.45) is 5.92 Å². The molecule has 8 heteroatoms. The summed E-state index contributed by atoms with van der Waals surface area (Å²) in [6.07, 6.45) is -2.09. The zero-order valence-corrected chi connectivity index (χ0v) is 10.0. The Kier molecular flexibility index (Phi) is 3.79. The number of aromatic nitrogens is 2. The number of nitrogens with zero attached hydrogens (tertiary/aromatic N) is 2. The lowest BCUT2D eigenvalue weighted by molar-refractivity contribution is -0.141. The Morgan fingerprint density at radius 1 is 1.58 bits per heavy atom. The number of hydrogen-bond donors (Lipinski definition) is 2. The molecule has 0 radical (unpaired) electrons. The largest absolute Gasteiger partial charge is 0.435 e. The van der Waals surface area contributed by atoms with Crippen LogP contribution in [0.4, 0.5) is 13.2 Å². The van der Waals surface area contributed by atoms with Gasteiger partial charge in [0.25, 0.3) is 0 Å². The molecule has 1 atom stereocenters. The zero-order chi connectivity index (χ0) is 14.0. The molecule has 1 fully saturated rings. The molecule has 1 aromatic heterocycles. The topological polar surface area (TPSA) is 67.2 Å². The summed E-state index contributed by atoms with van der Waals surface area (Å²) in [4.78, 5) is 11.5. The van der Waals surface area contributed by atoms with E-state index in [1.165, 1.54) is 0 Å². The Hall–Kier alpha value is -1.57. The number of alkyl halides is 3. The molecule has 1 saturated carbocycles. The molecule has 2 N–H and O–H groups in total. The first-order valence-corrected chi connectivity index (χ1v) is 5.91. The van der Waals surface area contributed by atoms with Crippen LogP contribution < -0.4 is 5.32 Å². The molecule has 1 aromatic rings. The molecule has 1 aliphatic carbocycles. The molecular formula is C11H14F3N3O2. The lowest BCUT2D eigenvalue weighted by Crippen LogP contribution is -2.35. The molecule has 5 nitrogen and oxygen atoms in total.